The minimum atomic E-state index is -2.95. The molecule has 0 aliphatic rings. The number of hydrogen-bond donors (Lipinski definition) is 2. The predicted octanol–water partition coefficient (Wildman–Crippen LogP) is 5.14. The quantitative estimate of drug-likeness (QED) is 0.494. The summed E-state index contributed by atoms with van der Waals surface area (Å²) in [6, 6.07) is 4.20. The van der Waals surface area contributed by atoms with E-state index in [0.29, 0.717) is 11.2 Å². The highest BCUT2D eigenvalue weighted by Gasteiger charge is 2.26. The lowest BCUT2D eigenvalue weighted by Crippen LogP contribution is -2.44. The van der Waals surface area contributed by atoms with Crippen LogP contribution in [0.15, 0.2) is 29.1 Å². The summed E-state index contributed by atoms with van der Waals surface area (Å²) in [7, 11) is 0. The summed E-state index contributed by atoms with van der Waals surface area (Å²) >= 11 is 0. The van der Waals surface area contributed by atoms with Gasteiger partial charge in [-0.25, -0.2) is 23.1 Å². The molecule has 34 heavy (non-hydrogen) atoms. The second kappa shape index (κ2) is 9.82. The molecule has 0 fully saturated rings. The molecule has 7 nitrogen and oxygen atoms in total. The van der Waals surface area contributed by atoms with Gasteiger partial charge in [0.25, 0.3) is 17.9 Å². The van der Waals surface area contributed by atoms with Crippen molar-refractivity contribution < 1.29 is 18.0 Å². The number of amides is 1. The van der Waals surface area contributed by atoms with Crippen molar-refractivity contribution in [2.45, 2.75) is 66.1 Å². The number of rotatable bonds is 7. The summed E-state index contributed by atoms with van der Waals surface area (Å²) in [4.78, 5) is 38.7. The molecule has 0 spiro atoms. The number of aromatic nitrogens is 3. The van der Waals surface area contributed by atoms with E-state index in [0.717, 1.165) is 6.07 Å². The molecule has 0 aliphatic carbocycles. The van der Waals surface area contributed by atoms with Crippen molar-refractivity contribution >= 4 is 22.8 Å². The Balaban J connectivity index is 2.10. The third-order valence-corrected chi connectivity index (χ3v) is 5.51. The zero-order valence-electron chi connectivity index (χ0n) is 19.9. The lowest BCUT2D eigenvalue weighted by atomic mass is 10.0. The number of halogens is 3. The Hall–Kier alpha value is -3.43. The van der Waals surface area contributed by atoms with Crippen molar-refractivity contribution in [1.82, 2.24) is 19.9 Å². The first-order chi connectivity index (χ1) is 15.9. The number of nitrogens with zero attached hydrogens (tertiary/aromatic N) is 3. The topological polar surface area (TPSA) is 91.0 Å². The van der Waals surface area contributed by atoms with Crippen molar-refractivity contribution in [3.63, 3.8) is 0 Å². The summed E-state index contributed by atoms with van der Waals surface area (Å²) in [5, 5.41) is 3.37. The van der Waals surface area contributed by atoms with Crippen LogP contribution < -0.4 is 10.9 Å². The number of carbonyl (C=O) groups excluding carboxylic acids is 1. The van der Waals surface area contributed by atoms with Crippen LogP contribution in [-0.2, 0) is 0 Å². The van der Waals surface area contributed by atoms with E-state index >= 15 is 0 Å². The average Bonchev–Trinajstić information content (AvgIpc) is 2.72. The number of carbonyl (C=O) groups is 1. The molecule has 10 heteroatoms. The first-order valence-corrected chi connectivity index (χ1v) is 11.0. The standard InChI is InChI=1S/C24H28F3N5O2/c1-11(2)32(12(3)4)24(34)18-10-17-21(29-14(6)30-22(17)31-23(18)33)28-13(5)15-8-7-9-16(19(15)25)20(26)27/h7-13,20H,1-6H3,(H2,28,29,30,31,33)/t13-/m1/s1. The fraction of sp³-hybridized carbons (Fsp3) is 0.417. The second-order valence-electron chi connectivity index (χ2n) is 8.71. The Morgan fingerprint density at radius 3 is 2.26 bits per heavy atom. The maximum atomic E-state index is 14.7. The van der Waals surface area contributed by atoms with Crippen molar-refractivity contribution in [3.8, 4) is 0 Å². The van der Waals surface area contributed by atoms with Crippen molar-refractivity contribution in [2.24, 2.45) is 0 Å². The third-order valence-electron chi connectivity index (χ3n) is 5.51. The largest absolute Gasteiger partial charge is 0.363 e. The van der Waals surface area contributed by atoms with Gasteiger partial charge in [0.15, 0.2) is 0 Å². The Morgan fingerprint density at radius 1 is 1.06 bits per heavy atom. The van der Waals surface area contributed by atoms with Crippen LogP contribution in [0.2, 0.25) is 0 Å². The summed E-state index contributed by atoms with van der Waals surface area (Å²) in [6.07, 6.45) is -2.95. The monoisotopic (exact) mass is 475 g/mol. The van der Waals surface area contributed by atoms with Crippen LogP contribution in [0.1, 0.15) is 74.4 Å². The lowest BCUT2D eigenvalue weighted by molar-refractivity contribution is 0.0642. The number of fused-ring (bicyclic) bond motifs is 1. The minimum Gasteiger partial charge on any atom is -0.363 e. The summed E-state index contributed by atoms with van der Waals surface area (Å²) in [5.41, 5.74) is -1.12. The molecule has 0 bridgehead atoms. The number of anilines is 1. The van der Waals surface area contributed by atoms with E-state index in [-0.39, 0.29) is 34.7 Å². The molecule has 3 aromatic rings. The first kappa shape index (κ1) is 25.2. The number of pyridine rings is 1. The number of aromatic amines is 1. The molecule has 0 saturated heterocycles. The lowest BCUT2D eigenvalue weighted by Gasteiger charge is -2.30. The van der Waals surface area contributed by atoms with Gasteiger partial charge in [-0.15, -0.1) is 0 Å². The number of H-pyrrole nitrogens is 1. The predicted molar refractivity (Wildman–Crippen MR) is 125 cm³/mol. The van der Waals surface area contributed by atoms with Crippen LogP contribution in [0.4, 0.5) is 19.0 Å². The number of hydrogen-bond acceptors (Lipinski definition) is 5. The van der Waals surface area contributed by atoms with Gasteiger partial charge in [-0.2, -0.15) is 0 Å². The van der Waals surface area contributed by atoms with Crippen LogP contribution >= 0.6 is 0 Å². The average molecular weight is 476 g/mol. The van der Waals surface area contributed by atoms with E-state index in [1.54, 1.807) is 18.7 Å². The van der Waals surface area contributed by atoms with E-state index in [1.807, 2.05) is 27.7 Å². The second-order valence-corrected chi connectivity index (χ2v) is 8.71. The zero-order valence-corrected chi connectivity index (χ0v) is 19.9. The van der Waals surface area contributed by atoms with E-state index in [4.69, 9.17) is 0 Å². The van der Waals surface area contributed by atoms with E-state index in [9.17, 15) is 22.8 Å². The fourth-order valence-corrected chi connectivity index (χ4v) is 4.03. The van der Waals surface area contributed by atoms with E-state index in [2.05, 4.69) is 20.3 Å². The highest BCUT2D eigenvalue weighted by Crippen LogP contribution is 2.30. The van der Waals surface area contributed by atoms with Gasteiger partial charge in [-0.3, -0.25) is 9.59 Å². The minimum absolute atomic E-state index is 0.0359. The Morgan fingerprint density at radius 2 is 1.68 bits per heavy atom. The zero-order chi connectivity index (χ0) is 25.3. The van der Waals surface area contributed by atoms with Gasteiger partial charge in [0, 0.05) is 17.6 Å². The van der Waals surface area contributed by atoms with Crippen LogP contribution in [0, 0.1) is 12.7 Å². The normalized spacial score (nSPS) is 12.6. The van der Waals surface area contributed by atoms with Crippen molar-refractivity contribution in [3.05, 3.63) is 63.0 Å². The molecular formula is C24H28F3N5O2. The molecule has 0 unspecified atom stereocenters. The maximum Gasteiger partial charge on any atom is 0.266 e. The smallest absolute Gasteiger partial charge is 0.266 e. The Labute approximate surface area is 195 Å². The number of aryl methyl sites for hydroxylation is 1. The van der Waals surface area contributed by atoms with Crippen LogP contribution in [-0.4, -0.2) is 37.8 Å². The van der Waals surface area contributed by atoms with Crippen LogP contribution in [0.25, 0.3) is 11.0 Å². The molecule has 2 N–H and O–H groups in total. The molecule has 1 amide bonds. The molecular weight excluding hydrogens is 447 g/mol. The molecule has 0 aliphatic heterocycles. The van der Waals surface area contributed by atoms with Gasteiger partial charge in [-0.05, 0) is 47.6 Å². The summed E-state index contributed by atoms with van der Waals surface area (Å²) in [5.74, 6) is -0.878. The highest BCUT2D eigenvalue weighted by molar-refractivity contribution is 5.99. The molecule has 2 heterocycles. The van der Waals surface area contributed by atoms with Gasteiger partial charge in [0.05, 0.1) is 17.0 Å². The number of nitrogens with one attached hydrogen (secondary N) is 2. The van der Waals surface area contributed by atoms with Gasteiger partial charge in [0.2, 0.25) is 0 Å². The maximum absolute atomic E-state index is 14.7. The summed E-state index contributed by atoms with van der Waals surface area (Å²) in [6.45, 7) is 10.7. The molecule has 0 saturated carbocycles. The first-order valence-electron chi connectivity index (χ1n) is 11.0. The third kappa shape index (κ3) is 4.90. The van der Waals surface area contributed by atoms with Gasteiger partial charge >= 0.3 is 0 Å². The summed E-state index contributed by atoms with van der Waals surface area (Å²) < 4.78 is 41.0. The molecule has 3 rings (SSSR count). The van der Waals surface area contributed by atoms with Gasteiger partial charge in [-0.1, -0.05) is 18.2 Å². The van der Waals surface area contributed by atoms with Crippen molar-refractivity contribution in [2.75, 3.05) is 5.32 Å². The molecule has 2 aromatic heterocycles. The molecule has 182 valence electrons. The van der Waals surface area contributed by atoms with Crippen LogP contribution in [0.5, 0.6) is 0 Å². The fourth-order valence-electron chi connectivity index (χ4n) is 4.03. The highest BCUT2D eigenvalue weighted by atomic mass is 19.3. The van der Waals surface area contributed by atoms with Gasteiger partial charge < -0.3 is 15.2 Å². The van der Waals surface area contributed by atoms with Crippen LogP contribution in [0.3, 0.4) is 0 Å². The van der Waals surface area contributed by atoms with Crippen molar-refractivity contribution in [1.29, 1.82) is 0 Å². The SMILES string of the molecule is Cc1nc(N[C@H](C)c2cccc(C(F)F)c2F)c2cc(C(=O)N(C(C)C)C(C)C)c(=O)[nH]c2n1. The van der Waals surface area contributed by atoms with Gasteiger partial charge in [0.1, 0.15) is 28.7 Å². The Bertz CT molecular complexity index is 1270. The molecule has 1 aromatic carbocycles. The Kier molecular flexibility index (Phi) is 7.28. The molecule has 0 radical (unpaired) electrons. The number of benzene rings is 1. The van der Waals surface area contributed by atoms with E-state index < -0.39 is 35.3 Å². The molecule has 1 atom stereocenters. The number of alkyl halides is 2. The van der Waals surface area contributed by atoms with E-state index in [1.165, 1.54) is 18.2 Å².